The number of carboxylic acids is 1. The third kappa shape index (κ3) is 3.06. The highest BCUT2D eigenvalue weighted by atomic mass is 16.4. The van der Waals surface area contributed by atoms with Crippen molar-refractivity contribution in [3.8, 4) is 0 Å². The van der Waals surface area contributed by atoms with E-state index in [0.29, 0.717) is 39.0 Å². The SMILES string of the molecule is CCCC1(C(=O)O)CCCN(C(=O)N2CCNCC2)C1. The van der Waals surface area contributed by atoms with Crippen LogP contribution in [0.2, 0.25) is 0 Å². The number of nitrogens with one attached hydrogen (secondary N) is 1. The number of amides is 2. The lowest BCUT2D eigenvalue weighted by molar-refractivity contribution is -0.152. The number of rotatable bonds is 3. The van der Waals surface area contributed by atoms with E-state index < -0.39 is 11.4 Å². The monoisotopic (exact) mass is 283 g/mol. The summed E-state index contributed by atoms with van der Waals surface area (Å²) in [5, 5.41) is 12.8. The molecule has 2 amide bonds. The van der Waals surface area contributed by atoms with Crippen molar-refractivity contribution in [1.82, 2.24) is 15.1 Å². The van der Waals surface area contributed by atoms with Crippen LogP contribution in [0.3, 0.4) is 0 Å². The van der Waals surface area contributed by atoms with Crippen LogP contribution in [0.15, 0.2) is 0 Å². The normalized spacial score (nSPS) is 27.4. The quantitative estimate of drug-likeness (QED) is 0.810. The second kappa shape index (κ2) is 6.43. The summed E-state index contributed by atoms with van der Waals surface area (Å²) in [5.41, 5.74) is -0.739. The van der Waals surface area contributed by atoms with Gasteiger partial charge in [-0.15, -0.1) is 0 Å². The summed E-state index contributed by atoms with van der Waals surface area (Å²) in [4.78, 5) is 27.7. The van der Waals surface area contributed by atoms with Gasteiger partial charge in [0.05, 0.1) is 5.41 Å². The van der Waals surface area contributed by atoms with Gasteiger partial charge in [0.1, 0.15) is 0 Å². The van der Waals surface area contributed by atoms with E-state index in [1.54, 1.807) is 4.90 Å². The number of carboxylic acid groups (broad SMARTS) is 1. The van der Waals surface area contributed by atoms with E-state index in [1.807, 2.05) is 11.8 Å². The lowest BCUT2D eigenvalue weighted by atomic mass is 9.76. The molecule has 0 aromatic rings. The lowest BCUT2D eigenvalue weighted by Gasteiger charge is -2.42. The molecule has 2 fully saturated rings. The Labute approximate surface area is 120 Å². The molecule has 1 atom stereocenters. The smallest absolute Gasteiger partial charge is 0.320 e. The molecule has 0 saturated carbocycles. The van der Waals surface area contributed by atoms with E-state index in [0.717, 1.165) is 25.9 Å². The molecular formula is C14H25N3O3. The second-order valence-electron chi connectivity index (χ2n) is 5.88. The van der Waals surface area contributed by atoms with Gasteiger partial charge in [0, 0.05) is 39.3 Å². The summed E-state index contributed by atoms with van der Waals surface area (Å²) in [6.45, 7) is 6.10. The van der Waals surface area contributed by atoms with Gasteiger partial charge >= 0.3 is 12.0 Å². The Kier molecular flexibility index (Phi) is 4.86. The van der Waals surface area contributed by atoms with Crippen molar-refractivity contribution >= 4 is 12.0 Å². The average molecular weight is 283 g/mol. The Balaban J connectivity index is 2.04. The second-order valence-corrected chi connectivity index (χ2v) is 5.88. The third-order valence-electron chi connectivity index (χ3n) is 4.42. The molecule has 0 aromatic heterocycles. The largest absolute Gasteiger partial charge is 0.481 e. The van der Waals surface area contributed by atoms with Gasteiger partial charge in [0.2, 0.25) is 0 Å². The number of aliphatic carboxylic acids is 1. The van der Waals surface area contributed by atoms with E-state index in [2.05, 4.69) is 5.32 Å². The van der Waals surface area contributed by atoms with Gasteiger partial charge in [-0.25, -0.2) is 4.79 Å². The first-order valence-corrected chi connectivity index (χ1v) is 7.57. The summed E-state index contributed by atoms with van der Waals surface area (Å²) in [5.74, 6) is -0.753. The molecule has 0 spiro atoms. The number of urea groups is 1. The lowest BCUT2D eigenvalue weighted by Crippen LogP contribution is -2.56. The number of hydrogen-bond donors (Lipinski definition) is 2. The minimum absolute atomic E-state index is 0.00734. The van der Waals surface area contributed by atoms with Crippen LogP contribution in [-0.2, 0) is 4.79 Å². The Morgan fingerprint density at radius 2 is 1.90 bits per heavy atom. The number of piperazine rings is 1. The fraction of sp³-hybridized carbons (Fsp3) is 0.857. The summed E-state index contributed by atoms with van der Waals surface area (Å²) < 4.78 is 0. The van der Waals surface area contributed by atoms with Crippen molar-refractivity contribution < 1.29 is 14.7 Å². The van der Waals surface area contributed by atoms with Gasteiger partial charge in [0.15, 0.2) is 0 Å². The highest BCUT2D eigenvalue weighted by Crippen LogP contribution is 2.35. The van der Waals surface area contributed by atoms with Crippen molar-refractivity contribution in [2.45, 2.75) is 32.6 Å². The number of carbonyl (C=O) groups is 2. The van der Waals surface area contributed by atoms with Crippen molar-refractivity contribution in [3.05, 3.63) is 0 Å². The maximum Gasteiger partial charge on any atom is 0.320 e. The molecule has 0 aromatic carbocycles. The zero-order valence-corrected chi connectivity index (χ0v) is 12.2. The zero-order valence-electron chi connectivity index (χ0n) is 12.2. The molecule has 20 heavy (non-hydrogen) atoms. The molecule has 6 nitrogen and oxygen atoms in total. The molecule has 0 radical (unpaired) electrons. The van der Waals surface area contributed by atoms with Crippen LogP contribution in [0.1, 0.15) is 32.6 Å². The van der Waals surface area contributed by atoms with Crippen LogP contribution in [0, 0.1) is 5.41 Å². The summed E-state index contributed by atoms with van der Waals surface area (Å²) >= 11 is 0. The molecule has 2 heterocycles. The molecular weight excluding hydrogens is 258 g/mol. The Morgan fingerprint density at radius 1 is 1.20 bits per heavy atom. The average Bonchev–Trinajstić information content (AvgIpc) is 2.48. The van der Waals surface area contributed by atoms with Crippen molar-refractivity contribution in [1.29, 1.82) is 0 Å². The predicted octanol–water partition coefficient (Wildman–Crippen LogP) is 0.979. The first-order chi connectivity index (χ1) is 9.59. The zero-order chi connectivity index (χ0) is 14.6. The van der Waals surface area contributed by atoms with Crippen LogP contribution in [-0.4, -0.2) is 66.2 Å². The molecule has 2 saturated heterocycles. The summed E-state index contributed by atoms with van der Waals surface area (Å²) in [6.07, 6.45) is 2.95. The van der Waals surface area contributed by atoms with Gasteiger partial charge in [-0.2, -0.15) is 0 Å². The summed E-state index contributed by atoms with van der Waals surface area (Å²) in [7, 11) is 0. The van der Waals surface area contributed by atoms with Gasteiger partial charge in [-0.05, 0) is 19.3 Å². The van der Waals surface area contributed by atoms with Crippen LogP contribution in [0.25, 0.3) is 0 Å². The maximum absolute atomic E-state index is 12.5. The number of hydrogen-bond acceptors (Lipinski definition) is 3. The van der Waals surface area contributed by atoms with Gasteiger partial charge < -0.3 is 20.2 Å². The molecule has 2 rings (SSSR count). The van der Waals surface area contributed by atoms with E-state index in [4.69, 9.17) is 0 Å². The Hall–Kier alpha value is -1.30. The van der Waals surface area contributed by atoms with Crippen LogP contribution >= 0.6 is 0 Å². The van der Waals surface area contributed by atoms with E-state index in [1.165, 1.54) is 0 Å². The van der Waals surface area contributed by atoms with E-state index in [-0.39, 0.29) is 6.03 Å². The van der Waals surface area contributed by atoms with Gasteiger partial charge in [0.25, 0.3) is 0 Å². The fourth-order valence-electron chi connectivity index (χ4n) is 3.32. The molecule has 2 aliphatic heterocycles. The molecule has 0 bridgehead atoms. The molecule has 6 heteroatoms. The Bertz CT molecular complexity index is 365. The van der Waals surface area contributed by atoms with Crippen LogP contribution in [0.5, 0.6) is 0 Å². The highest BCUT2D eigenvalue weighted by molar-refractivity contribution is 5.79. The van der Waals surface area contributed by atoms with E-state index >= 15 is 0 Å². The van der Waals surface area contributed by atoms with E-state index in [9.17, 15) is 14.7 Å². The van der Waals surface area contributed by atoms with Gasteiger partial charge in [-0.3, -0.25) is 4.79 Å². The van der Waals surface area contributed by atoms with Gasteiger partial charge in [-0.1, -0.05) is 13.3 Å². The highest BCUT2D eigenvalue weighted by Gasteiger charge is 2.43. The van der Waals surface area contributed by atoms with Crippen molar-refractivity contribution in [2.24, 2.45) is 5.41 Å². The molecule has 114 valence electrons. The third-order valence-corrected chi connectivity index (χ3v) is 4.42. The van der Waals surface area contributed by atoms with Crippen LogP contribution in [0.4, 0.5) is 4.79 Å². The molecule has 0 aliphatic carbocycles. The molecule has 2 aliphatic rings. The summed E-state index contributed by atoms with van der Waals surface area (Å²) in [6, 6.07) is 0.00734. The topological polar surface area (TPSA) is 72.9 Å². The number of piperidine rings is 1. The number of likely N-dealkylation sites (tertiary alicyclic amines) is 1. The molecule has 2 N–H and O–H groups in total. The van der Waals surface area contributed by atoms with Crippen LogP contribution < -0.4 is 5.32 Å². The Morgan fingerprint density at radius 3 is 2.50 bits per heavy atom. The predicted molar refractivity (Wildman–Crippen MR) is 75.6 cm³/mol. The minimum Gasteiger partial charge on any atom is -0.481 e. The van der Waals surface area contributed by atoms with Crippen molar-refractivity contribution in [3.63, 3.8) is 0 Å². The first kappa shape index (κ1) is 15.1. The van der Waals surface area contributed by atoms with Crippen molar-refractivity contribution in [2.75, 3.05) is 39.3 Å². The standard InChI is InChI=1S/C14H25N3O3/c1-2-4-14(12(18)19)5-3-8-17(11-14)13(20)16-9-6-15-7-10-16/h15H,2-11H2,1H3,(H,18,19). The number of nitrogens with zero attached hydrogens (tertiary/aromatic N) is 2. The number of carbonyl (C=O) groups excluding carboxylic acids is 1. The fourth-order valence-corrected chi connectivity index (χ4v) is 3.32. The first-order valence-electron chi connectivity index (χ1n) is 7.57. The maximum atomic E-state index is 12.5. The molecule has 1 unspecified atom stereocenters. The minimum atomic E-state index is -0.753.